The number of rotatable bonds is 1. The third kappa shape index (κ3) is 1.42. The van der Waals surface area contributed by atoms with Gasteiger partial charge in [0.25, 0.3) is 0 Å². The zero-order chi connectivity index (χ0) is 6.69. The summed E-state index contributed by atoms with van der Waals surface area (Å²) in [6.45, 7) is 0. The van der Waals surface area contributed by atoms with Crippen molar-refractivity contribution in [1.29, 1.82) is 0 Å². The van der Waals surface area contributed by atoms with Gasteiger partial charge in [-0.3, -0.25) is 0 Å². The number of hydrazine groups is 2. The van der Waals surface area contributed by atoms with Crippen LogP contribution in [0.4, 0.5) is 5.69 Å². The maximum absolute atomic E-state index is 5.22. The second-order valence-corrected chi connectivity index (χ2v) is 1.74. The van der Waals surface area contributed by atoms with Crippen molar-refractivity contribution in [1.82, 2.24) is 0 Å². The average molecular weight is 123 g/mol. The van der Waals surface area contributed by atoms with Gasteiger partial charge in [0.1, 0.15) is 0 Å². The van der Waals surface area contributed by atoms with Gasteiger partial charge in [-0.1, -0.05) is 18.2 Å². The van der Waals surface area contributed by atoms with Gasteiger partial charge >= 0.3 is 0 Å². The Morgan fingerprint density at radius 3 is 1.89 bits per heavy atom. The molecule has 0 amide bonds. The van der Waals surface area contributed by atoms with Crippen LogP contribution in [-0.4, -0.2) is 0 Å². The van der Waals surface area contributed by atoms with Crippen molar-refractivity contribution in [2.45, 2.75) is 0 Å². The Bertz CT molecular complexity index is 171. The van der Waals surface area contributed by atoms with Crippen molar-refractivity contribution in [3.63, 3.8) is 0 Å². The lowest BCUT2D eigenvalue weighted by molar-refractivity contribution is 0.925. The highest BCUT2D eigenvalue weighted by atomic mass is 15.6. The molecular weight excluding hydrogens is 114 g/mol. The highest BCUT2D eigenvalue weighted by Crippen LogP contribution is 2.04. The van der Waals surface area contributed by atoms with E-state index in [4.69, 9.17) is 11.7 Å². The van der Waals surface area contributed by atoms with Crippen LogP contribution in [0.25, 0.3) is 0 Å². The summed E-state index contributed by atoms with van der Waals surface area (Å²) in [4.78, 5) is 0. The lowest BCUT2D eigenvalue weighted by Gasteiger charge is -2.09. The Labute approximate surface area is 53.8 Å². The van der Waals surface area contributed by atoms with E-state index in [0.29, 0.717) is 0 Å². The first kappa shape index (κ1) is 6.07. The molecule has 0 fully saturated rings. The molecule has 0 atom stereocenters. The van der Waals surface area contributed by atoms with Crippen LogP contribution in [0.15, 0.2) is 30.3 Å². The summed E-state index contributed by atoms with van der Waals surface area (Å²) in [5.74, 6) is 10.4. The van der Waals surface area contributed by atoms with Gasteiger partial charge < -0.3 is 0 Å². The molecule has 0 bridgehead atoms. The minimum absolute atomic E-state index is 0.803. The number of anilines is 1. The number of hydrogen-bond donors (Lipinski definition) is 2. The first-order chi connectivity index (χ1) is 4.30. The summed E-state index contributed by atoms with van der Waals surface area (Å²) in [6.07, 6.45) is 0. The maximum atomic E-state index is 5.22. The van der Waals surface area contributed by atoms with Crippen molar-refractivity contribution in [3.05, 3.63) is 30.3 Å². The van der Waals surface area contributed by atoms with E-state index in [0.717, 1.165) is 10.8 Å². The molecule has 0 aliphatic rings. The maximum Gasteiger partial charge on any atom is 0.0697 e. The van der Waals surface area contributed by atoms with Gasteiger partial charge in [-0.2, -0.15) is 0 Å². The molecule has 0 heterocycles. The Morgan fingerprint density at radius 1 is 1.00 bits per heavy atom. The Balaban J connectivity index is 2.85. The predicted molar refractivity (Wildman–Crippen MR) is 37.3 cm³/mol. The molecule has 1 aromatic carbocycles. The first-order valence-electron chi connectivity index (χ1n) is 2.65. The summed E-state index contributed by atoms with van der Waals surface area (Å²) in [5.41, 5.74) is 0.803. The zero-order valence-corrected chi connectivity index (χ0v) is 4.99. The van der Waals surface area contributed by atoms with Crippen LogP contribution < -0.4 is 16.8 Å². The van der Waals surface area contributed by atoms with Gasteiger partial charge in [0, 0.05) is 0 Å². The zero-order valence-electron chi connectivity index (χ0n) is 4.99. The second-order valence-electron chi connectivity index (χ2n) is 1.74. The molecule has 0 saturated heterocycles. The van der Waals surface area contributed by atoms with E-state index in [1.54, 1.807) is 0 Å². The highest BCUT2D eigenvalue weighted by molar-refractivity contribution is 5.42. The fourth-order valence-electron chi connectivity index (χ4n) is 0.600. The number of nitrogens with two attached hydrogens (primary N) is 2. The van der Waals surface area contributed by atoms with E-state index in [1.165, 1.54) is 0 Å². The van der Waals surface area contributed by atoms with Gasteiger partial charge in [0.05, 0.1) is 5.69 Å². The average Bonchev–Trinajstić information content (AvgIpc) is 1.90. The van der Waals surface area contributed by atoms with Crippen molar-refractivity contribution >= 4 is 5.69 Å². The summed E-state index contributed by atoms with van der Waals surface area (Å²) < 4.78 is 0. The van der Waals surface area contributed by atoms with Gasteiger partial charge in [-0.25, -0.2) is 16.8 Å². The quantitative estimate of drug-likeness (QED) is 0.415. The minimum Gasteiger partial charge on any atom is -0.247 e. The van der Waals surface area contributed by atoms with Crippen molar-refractivity contribution in [2.75, 3.05) is 5.12 Å². The smallest absolute Gasteiger partial charge is 0.0697 e. The van der Waals surface area contributed by atoms with Crippen LogP contribution in [0.2, 0.25) is 0 Å². The molecule has 0 aliphatic heterocycles. The van der Waals surface area contributed by atoms with Gasteiger partial charge in [-0.15, -0.1) is 0 Å². The molecule has 0 aromatic heterocycles. The highest BCUT2D eigenvalue weighted by Gasteiger charge is 1.88. The van der Waals surface area contributed by atoms with E-state index in [9.17, 15) is 0 Å². The summed E-state index contributed by atoms with van der Waals surface area (Å²) in [6, 6.07) is 9.33. The predicted octanol–water partition coefficient (Wildman–Crippen LogP) is 0.240. The van der Waals surface area contributed by atoms with E-state index in [1.807, 2.05) is 30.3 Å². The molecule has 0 aliphatic carbocycles. The third-order valence-corrected chi connectivity index (χ3v) is 1.05. The molecule has 9 heavy (non-hydrogen) atoms. The summed E-state index contributed by atoms with van der Waals surface area (Å²) in [5, 5.41) is 1.08. The molecule has 0 spiro atoms. The number of para-hydroxylation sites is 1. The normalized spacial score (nSPS) is 9.11. The second kappa shape index (κ2) is 2.48. The lowest BCUT2D eigenvalue weighted by Crippen LogP contribution is -2.37. The van der Waals surface area contributed by atoms with Crippen LogP contribution in [-0.2, 0) is 0 Å². The third-order valence-electron chi connectivity index (χ3n) is 1.05. The molecule has 3 nitrogen and oxygen atoms in total. The fourth-order valence-corrected chi connectivity index (χ4v) is 0.600. The van der Waals surface area contributed by atoms with E-state index in [2.05, 4.69) is 0 Å². The van der Waals surface area contributed by atoms with Crippen molar-refractivity contribution < 1.29 is 0 Å². The van der Waals surface area contributed by atoms with Crippen LogP contribution in [0.3, 0.4) is 0 Å². The topological polar surface area (TPSA) is 55.3 Å². The van der Waals surface area contributed by atoms with E-state index in [-0.39, 0.29) is 0 Å². The molecule has 1 aromatic rings. The Morgan fingerprint density at radius 2 is 1.56 bits per heavy atom. The molecule has 3 heteroatoms. The number of benzene rings is 1. The van der Waals surface area contributed by atoms with Crippen LogP contribution in [0, 0.1) is 0 Å². The molecule has 0 saturated carbocycles. The SMILES string of the molecule is NN(N)c1ccccc1. The largest absolute Gasteiger partial charge is 0.247 e. The molecule has 0 radical (unpaired) electrons. The molecule has 48 valence electrons. The summed E-state index contributed by atoms with van der Waals surface area (Å²) in [7, 11) is 0. The van der Waals surface area contributed by atoms with E-state index < -0.39 is 0 Å². The lowest BCUT2D eigenvalue weighted by atomic mass is 10.3. The summed E-state index contributed by atoms with van der Waals surface area (Å²) >= 11 is 0. The van der Waals surface area contributed by atoms with Gasteiger partial charge in [0.15, 0.2) is 0 Å². The monoisotopic (exact) mass is 123 g/mol. The van der Waals surface area contributed by atoms with Gasteiger partial charge in [-0.05, 0) is 12.1 Å². The van der Waals surface area contributed by atoms with E-state index >= 15 is 0 Å². The molecule has 1 rings (SSSR count). The van der Waals surface area contributed by atoms with Gasteiger partial charge in [0.2, 0.25) is 0 Å². The number of nitrogens with zero attached hydrogens (tertiary/aromatic N) is 1. The number of hydrogen-bond acceptors (Lipinski definition) is 3. The first-order valence-corrected chi connectivity index (χ1v) is 2.65. The Hall–Kier alpha value is -1.06. The molecule has 4 N–H and O–H groups in total. The standard InChI is InChI=1S/C6H9N3/c7-9(8)6-4-2-1-3-5-6/h1-5H,7-8H2. The van der Waals surface area contributed by atoms with Crippen molar-refractivity contribution in [2.24, 2.45) is 11.7 Å². The van der Waals surface area contributed by atoms with Crippen LogP contribution in [0.5, 0.6) is 0 Å². The Kier molecular flexibility index (Phi) is 1.67. The fraction of sp³-hybridized carbons (Fsp3) is 0. The van der Waals surface area contributed by atoms with Crippen LogP contribution >= 0.6 is 0 Å². The molecule has 0 unspecified atom stereocenters. The van der Waals surface area contributed by atoms with Crippen LogP contribution in [0.1, 0.15) is 0 Å². The molecular formula is C6H9N3. The minimum atomic E-state index is 0.803. The van der Waals surface area contributed by atoms with Crippen molar-refractivity contribution in [3.8, 4) is 0 Å².